The number of nitrogen functional groups attached to an aromatic ring is 1. The third-order valence-corrected chi connectivity index (χ3v) is 3.56. The lowest BCUT2D eigenvalue weighted by atomic mass is 10.1. The van der Waals surface area contributed by atoms with Crippen molar-refractivity contribution >= 4 is 11.7 Å². The first-order valence-corrected chi connectivity index (χ1v) is 7.38. The summed E-state index contributed by atoms with van der Waals surface area (Å²) in [6.45, 7) is 2.91. The summed E-state index contributed by atoms with van der Waals surface area (Å²) in [6.07, 6.45) is 5.95. The second-order valence-corrected chi connectivity index (χ2v) is 5.27. The highest BCUT2D eigenvalue weighted by atomic mass is 16.5. The molecule has 4 nitrogen and oxygen atoms in total. The van der Waals surface area contributed by atoms with Gasteiger partial charge in [-0.05, 0) is 37.0 Å². The van der Waals surface area contributed by atoms with Gasteiger partial charge in [0.1, 0.15) is 0 Å². The van der Waals surface area contributed by atoms with Crippen LogP contribution in [0.5, 0.6) is 0 Å². The zero-order chi connectivity index (χ0) is 14.4. The van der Waals surface area contributed by atoms with Crippen LogP contribution >= 0.6 is 0 Å². The Labute approximate surface area is 120 Å². The zero-order valence-corrected chi connectivity index (χ0v) is 12.1. The quantitative estimate of drug-likeness (QED) is 0.640. The number of hydrogen-bond donors (Lipinski definition) is 1. The van der Waals surface area contributed by atoms with Crippen LogP contribution in [0.15, 0.2) is 18.2 Å². The van der Waals surface area contributed by atoms with Gasteiger partial charge in [-0.1, -0.05) is 25.8 Å². The molecule has 110 valence electrons. The van der Waals surface area contributed by atoms with E-state index in [0.717, 1.165) is 24.8 Å². The number of benzene rings is 1. The van der Waals surface area contributed by atoms with Crippen LogP contribution in [0.25, 0.3) is 0 Å². The summed E-state index contributed by atoms with van der Waals surface area (Å²) >= 11 is 0. The molecule has 0 saturated heterocycles. The molecule has 20 heavy (non-hydrogen) atoms. The maximum absolute atomic E-state index is 11.9. The van der Waals surface area contributed by atoms with E-state index in [1.54, 1.807) is 12.1 Å². The molecule has 0 radical (unpaired) electrons. The molecule has 4 heteroatoms. The van der Waals surface area contributed by atoms with Crippen molar-refractivity contribution in [1.82, 2.24) is 0 Å². The van der Waals surface area contributed by atoms with Crippen LogP contribution in [-0.4, -0.2) is 18.7 Å². The normalized spacial score (nSPS) is 15.4. The number of carbonyl (C=O) groups excluding carboxylic acids is 1. The second kappa shape index (κ2) is 7.29. The molecule has 1 aliphatic rings. The first kappa shape index (κ1) is 14.9. The zero-order valence-electron chi connectivity index (χ0n) is 12.1. The smallest absolute Gasteiger partial charge is 0.340 e. The Bertz CT molecular complexity index is 453. The van der Waals surface area contributed by atoms with Gasteiger partial charge < -0.3 is 15.2 Å². The Balaban J connectivity index is 1.97. The van der Waals surface area contributed by atoms with E-state index in [1.807, 2.05) is 13.0 Å². The van der Waals surface area contributed by atoms with Crippen LogP contribution in [0.2, 0.25) is 0 Å². The Morgan fingerprint density at radius 1 is 1.35 bits per heavy atom. The molecule has 1 fully saturated rings. The third-order valence-electron chi connectivity index (χ3n) is 3.56. The number of ether oxygens (including phenoxy) is 2. The van der Waals surface area contributed by atoms with E-state index in [2.05, 4.69) is 0 Å². The molecule has 0 unspecified atom stereocenters. The van der Waals surface area contributed by atoms with Crippen LogP contribution in [0.1, 0.15) is 54.9 Å². The monoisotopic (exact) mass is 277 g/mol. The molecular weight excluding hydrogens is 254 g/mol. The molecule has 2 N–H and O–H groups in total. The average molecular weight is 277 g/mol. The number of anilines is 1. The Hall–Kier alpha value is -1.55. The minimum atomic E-state index is -0.355. The van der Waals surface area contributed by atoms with E-state index in [1.165, 1.54) is 12.8 Å². The molecular formula is C16H23NO3. The molecule has 1 saturated carbocycles. The van der Waals surface area contributed by atoms with Crippen LogP contribution < -0.4 is 5.73 Å². The van der Waals surface area contributed by atoms with E-state index in [9.17, 15) is 4.79 Å². The highest BCUT2D eigenvalue weighted by Crippen LogP contribution is 2.23. The van der Waals surface area contributed by atoms with Crippen molar-refractivity contribution in [3.8, 4) is 0 Å². The molecule has 0 spiro atoms. The Morgan fingerprint density at radius 2 is 2.10 bits per heavy atom. The predicted octanol–water partition coefficient (Wildman–Crippen LogP) is 3.29. The summed E-state index contributed by atoms with van der Waals surface area (Å²) in [7, 11) is 0. The van der Waals surface area contributed by atoms with Crippen molar-refractivity contribution in [2.45, 2.75) is 51.7 Å². The number of carbonyl (C=O) groups is 1. The lowest BCUT2D eigenvalue weighted by molar-refractivity contribution is 0.0453. The second-order valence-electron chi connectivity index (χ2n) is 5.27. The summed E-state index contributed by atoms with van der Waals surface area (Å²) in [4.78, 5) is 11.9. The predicted molar refractivity (Wildman–Crippen MR) is 78.5 cm³/mol. The van der Waals surface area contributed by atoms with Gasteiger partial charge in [-0.25, -0.2) is 4.79 Å². The average Bonchev–Trinajstić information content (AvgIpc) is 2.97. The highest BCUT2D eigenvalue weighted by Gasteiger charge is 2.16. The van der Waals surface area contributed by atoms with Gasteiger partial charge in [0, 0.05) is 5.69 Å². The van der Waals surface area contributed by atoms with E-state index in [-0.39, 0.29) is 5.97 Å². The van der Waals surface area contributed by atoms with Gasteiger partial charge in [0.05, 0.1) is 24.9 Å². The molecule has 0 atom stereocenters. The van der Waals surface area contributed by atoms with Crippen molar-refractivity contribution in [3.05, 3.63) is 29.3 Å². The molecule has 0 heterocycles. The highest BCUT2D eigenvalue weighted by molar-refractivity contribution is 5.95. The van der Waals surface area contributed by atoms with E-state index in [0.29, 0.717) is 30.6 Å². The SMILES string of the molecule is CCCOC(=O)c1cc(COC2CCCC2)ccc1N. The minimum absolute atomic E-state index is 0.355. The maximum atomic E-state index is 11.9. The molecule has 0 amide bonds. The van der Waals surface area contributed by atoms with Gasteiger partial charge in [0.2, 0.25) is 0 Å². The Kier molecular flexibility index (Phi) is 5.41. The van der Waals surface area contributed by atoms with Gasteiger partial charge in [0.25, 0.3) is 0 Å². The largest absolute Gasteiger partial charge is 0.462 e. The fourth-order valence-corrected chi connectivity index (χ4v) is 2.41. The summed E-state index contributed by atoms with van der Waals surface area (Å²) in [5.41, 5.74) is 7.70. The van der Waals surface area contributed by atoms with Gasteiger partial charge in [0.15, 0.2) is 0 Å². The van der Waals surface area contributed by atoms with Crippen molar-refractivity contribution in [2.75, 3.05) is 12.3 Å². The summed E-state index contributed by atoms with van der Waals surface area (Å²) in [5.74, 6) is -0.355. The van der Waals surface area contributed by atoms with E-state index >= 15 is 0 Å². The van der Waals surface area contributed by atoms with Gasteiger partial charge in [-0.2, -0.15) is 0 Å². The van der Waals surface area contributed by atoms with Crippen LogP contribution in [0.3, 0.4) is 0 Å². The molecule has 0 aromatic heterocycles. The van der Waals surface area contributed by atoms with Crippen LogP contribution in [0, 0.1) is 0 Å². The number of esters is 1. The Morgan fingerprint density at radius 3 is 2.80 bits per heavy atom. The number of rotatable bonds is 6. The first-order chi connectivity index (χ1) is 9.70. The molecule has 2 rings (SSSR count). The molecule has 1 aromatic carbocycles. The molecule has 1 aliphatic carbocycles. The van der Waals surface area contributed by atoms with E-state index in [4.69, 9.17) is 15.2 Å². The third kappa shape index (κ3) is 3.97. The van der Waals surface area contributed by atoms with Crippen LogP contribution in [-0.2, 0) is 16.1 Å². The summed E-state index contributed by atoms with van der Waals surface area (Å²) < 4.78 is 11.0. The van der Waals surface area contributed by atoms with Gasteiger partial charge >= 0.3 is 5.97 Å². The topological polar surface area (TPSA) is 61.5 Å². The fraction of sp³-hybridized carbons (Fsp3) is 0.562. The molecule has 1 aromatic rings. The van der Waals surface area contributed by atoms with Gasteiger partial charge in [-0.15, -0.1) is 0 Å². The van der Waals surface area contributed by atoms with Crippen molar-refractivity contribution < 1.29 is 14.3 Å². The maximum Gasteiger partial charge on any atom is 0.340 e. The van der Waals surface area contributed by atoms with Gasteiger partial charge in [-0.3, -0.25) is 0 Å². The summed E-state index contributed by atoms with van der Waals surface area (Å²) in [5, 5.41) is 0. The first-order valence-electron chi connectivity index (χ1n) is 7.38. The fourth-order valence-electron chi connectivity index (χ4n) is 2.41. The van der Waals surface area contributed by atoms with Crippen molar-refractivity contribution in [1.29, 1.82) is 0 Å². The summed E-state index contributed by atoms with van der Waals surface area (Å²) in [6, 6.07) is 5.43. The number of hydrogen-bond acceptors (Lipinski definition) is 4. The molecule has 0 bridgehead atoms. The van der Waals surface area contributed by atoms with Crippen molar-refractivity contribution in [2.24, 2.45) is 0 Å². The lowest BCUT2D eigenvalue weighted by Gasteiger charge is -2.12. The number of nitrogens with two attached hydrogens (primary N) is 1. The standard InChI is InChI=1S/C16H23NO3/c1-2-9-19-16(18)14-10-12(7-8-15(14)17)11-20-13-5-3-4-6-13/h7-8,10,13H,2-6,9,11,17H2,1H3. The lowest BCUT2D eigenvalue weighted by Crippen LogP contribution is -2.11. The molecule has 0 aliphatic heterocycles. The van der Waals surface area contributed by atoms with Crippen molar-refractivity contribution in [3.63, 3.8) is 0 Å². The minimum Gasteiger partial charge on any atom is -0.462 e. The van der Waals surface area contributed by atoms with Crippen LogP contribution in [0.4, 0.5) is 5.69 Å². The van der Waals surface area contributed by atoms with E-state index < -0.39 is 0 Å².